The van der Waals surface area contributed by atoms with E-state index in [1.165, 1.54) is 19.1 Å². The van der Waals surface area contributed by atoms with Crippen molar-refractivity contribution in [2.75, 3.05) is 0 Å². The van der Waals surface area contributed by atoms with Gasteiger partial charge in [-0.2, -0.15) is 0 Å². The summed E-state index contributed by atoms with van der Waals surface area (Å²) < 4.78 is 40.0. The maximum Gasteiger partial charge on any atom is 0.573 e. The van der Waals surface area contributed by atoms with Gasteiger partial charge >= 0.3 is 6.36 Å². The molecule has 1 unspecified atom stereocenters. The van der Waals surface area contributed by atoms with Crippen LogP contribution in [0.25, 0.3) is 0 Å². The fourth-order valence-electron chi connectivity index (χ4n) is 1.31. The molecule has 0 aliphatic heterocycles. The van der Waals surface area contributed by atoms with Gasteiger partial charge < -0.3 is 4.74 Å². The van der Waals surface area contributed by atoms with Crippen LogP contribution in [0.4, 0.5) is 13.2 Å². The van der Waals surface area contributed by atoms with Crippen LogP contribution in [-0.2, 0) is 0 Å². The Hall–Kier alpha value is -1.37. The average molecular weight is 325 g/mol. The number of carbonyl (C=O) groups is 2. The number of Topliss-reactive ketones (excluding diaryl/α,β-unsaturated/α-hetero) is 1. The lowest BCUT2D eigenvalue weighted by molar-refractivity contribution is -0.274. The van der Waals surface area contributed by atoms with Crippen LogP contribution >= 0.6 is 15.9 Å². The van der Waals surface area contributed by atoms with E-state index in [0.29, 0.717) is 0 Å². The summed E-state index contributed by atoms with van der Waals surface area (Å²) in [5.41, 5.74) is -0.526. The Morgan fingerprint density at radius 1 is 1.44 bits per heavy atom. The summed E-state index contributed by atoms with van der Waals surface area (Å²) in [6.07, 6.45) is -4.75. The number of aldehydes is 1. The molecule has 18 heavy (non-hydrogen) atoms. The van der Waals surface area contributed by atoms with Crippen molar-refractivity contribution in [1.82, 2.24) is 0 Å². The molecule has 0 bridgehead atoms. The normalized spacial score (nSPS) is 12.9. The standard InChI is InChI=1S/C11H8BrF3O3/c1-6(12)10(17)7-3-2-4-9(8(7)5-16)18-11(13,14)15/h2-6H,1H3. The average Bonchev–Trinajstić information content (AvgIpc) is 2.25. The lowest BCUT2D eigenvalue weighted by Crippen LogP contribution is -2.20. The molecule has 98 valence electrons. The third-order valence-electron chi connectivity index (χ3n) is 2.04. The smallest absolute Gasteiger partial charge is 0.405 e. The van der Waals surface area contributed by atoms with Crippen molar-refractivity contribution in [2.24, 2.45) is 0 Å². The minimum Gasteiger partial charge on any atom is -0.405 e. The van der Waals surface area contributed by atoms with Crippen molar-refractivity contribution >= 4 is 28.0 Å². The first kappa shape index (κ1) is 14.7. The van der Waals surface area contributed by atoms with E-state index in [-0.39, 0.29) is 11.8 Å². The predicted octanol–water partition coefficient (Wildman–Crippen LogP) is 3.36. The Balaban J connectivity index is 3.27. The van der Waals surface area contributed by atoms with E-state index in [1.807, 2.05) is 0 Å². The molecule has 1 aromatic rings. The molecule has 0 spiro atoms. The van der Waals surface area contributed by atoms with Crippen LogP contribution in [0.5, 0.6) is 5.75 Å². The lowest BCUT2D eigenvalue weighted by Gasteiger charge is -2.13. The van der Waals surface area contributed by atoms with Crippen LogP contribution in [-0.4, -0.2) is 23.3 Å². The number of carbonyl (C=O) groups excluding carboxylic acids is 2. The molecule has 1 atom stereocenters. The monoisotopic (exact) mass is 324 g/mol. The first-order chi connectivity index (χ1) is 8.26. The molecule has 1 rings (SSSR count). The molecule has 0 saturated heterocycles. The number of ketones is 1. The minimum atomic E-state index is -4.92. The summed E-state index contributed by atoms with van der Waals surface area (Å²) in [5.74, 6) is -1.18. The van der Waals surface area contributed by atoms with Gasteiger partial charge in [-0.05, 0) is 13.0 Å². The molecule has 0 radical (unpaired) electrons. The van der Waals surface area contributed by atoms with E-state index in [4.69, 9.17) is 0 Å². The van der Waals surface area contributed by atoms with E-state index >= 15 is 0 Å². The van der Waals surface area contributed by atoms with Gasteiger partial charge in [0.25, 0.3) is 0 Å². The molecule has 0 aromatic heterocycles. The summed E-state index contributed by atoms with van der Waals surface area (Å²) in [6.45, 7) is 1.51. The fourth-order valence-corrected chi connectivity index (χ4v) is 1.56. The third kappa shape index (κ3) is 3.56. The summed E-state index contributed by atoms with van der Waals surface area (Å²) >= 11 is 3.00. The zero-order valence-electron chi connectivity index (χ0n) is 9.12. The van der Waals surface area contributed by atoms with Crippen molar-refractivity contribution in [1.29, 1.82) is 0 Å². The number of hydrogen-bond acceptors (Lipinski definition) is 3. The molecule has 0 saturated carbocycles. The molecule has 0 heterocycles. The number of ether oxygens (including phenoxy) is 1. The van der Waals surface area contributed by atoms with Crippen LogP contribution in [0.1, 0.15) is 27.6 Å². The highest BCUT2D eigenvalue weighted by Crippen LogP contribution is 2.28. The summed E-state index contributed by atoms with van der Waals surface area (Å²) in [6, 6.07) is 3.47. The van der Waals surface area contributed by atoms with Crippen LogP contribution < -0.4 is 4.74 Å². The van der Waals surface area contributed by atoms with E-state index in [1.54, 1.807) is 0 Å². The second-order valence-electron chi connectivity index (χ2n) is 3.36. The summed E-state index contributed by atoms with van der Waals surface area (Å²) in [7, 11) is 0. The Morgan fingerprint density at radius 3 is 2.50 bits per heavy atom. The van der Waals surface area contributed by atoms with Gasteiger partial charge in [0.2, 0.25) is 0 Å². The highest BCUT2D eigenvalue weighted by atomic mass is 79.9. The Kier molecular flexibility index (Phi) is 4.50. The van der Waals surface area contributed by atoms with Gasteiger partial charge in [0.1, 0.15) is 5.75 Å². The maximum absolute atomic E-state index is 12.1. The van der Waals surface area contributed by atoms with Crippen molar-refractivity contribution < 1.29 is 27.5 Å². The van der Waals surface area contributed by atoms with Crippen molar-refractivity contribution in [3.05, 3.63) is 29.3 Å². The number of halogens is 4. The van der Waals surface area contributed by atoms with Crippen molar-refractivity contribution in [3.8, 4) is 5.75 Å². The summed E-state index contributed by atoms with van der Waals surface area (Å²) in [5, 5.41) is 0. The topological polar surface area (TPSA) is 43.4 Å². The van der Waals surface area contributed by atoms with Crippen molar-refractivity contribution in [2.45, 2.75) is 18.1 Å². The molecule has 7 heteroatoms. The quantitative estimate of drug-likeness (QED) is 0.484. The lowest BCUT2D eigenvalue weighted by atomic mass is 10.0. The summed E-state index contributed by atoms with van der Waals surface area (Å²) in [4.78, 5) is 21.9. The van der Waals surface area contributed by atoms with E-state index < -0.39 is 28.3 Å². The number of alkyl halides is 4. The zero-order chi connectivity index (χ0) is 13.9. The van der Waals surface area contributed by atoms with Gasteiger partial charge in [-0.25, -0.2) is 0 Å². The van der Waals surface area contributed by atoms with Gasteiger partial charge in [-0.15, -0.1) is 13.2 Å². The zero-order valence-corrected chi connectivity index (χ0v) is 10.7. The Morgan fingerprint density at radius 2 is 2.06 bits per heavy atom. The fraction of sp³-hybridized carbons (Fsp3) is 0.273. The van der Waals surface area contributed by atoms with Crippen LogP contribution in [0.3, 0.4) is 0 Å². The second kappa shape index (κ2) is 5.51. The second-order valence-corrected chi connectivity index (χ2v) is 4.74. The molecule has 3 nitrogen and oxygen atoms in total. The Bertz CT molecular complexity index is 469. The van der Waals surface area contributed by atoms with Crippen LogP contribution in [0.2, 0.25) is 0 Å². The van der Waals surface area contributed by atoms with Gasteiger partial charge in [0.15, 0.2) is 12.1 Å². The van der Waals surface area contributed by atoms with E-state index in [2.05, 4.69) is 20.7 Å². The highest BCUT2D eigenvalue weighted by Gasteiger charge is 2.33. The molecule has 0 amide bonds. The van der Waals surface area contributed by atoms with Crippen molar-refractivity contribution in [3.63, 3.8) is 0 Å². The van der Waals surface area contributed by atoms with Gasteiger partial charge in [0, 0.05) is 5.56 Å². The number of rotatable bonds is 4. The highest BCUT2D eigenvalue weighted by molar-refractivity contribution is 9.10. The molecule has 0 aliphatic rings. The minimum absolute atomic E-state index is 0.115. The SMILES string of the molecule is CC(Br)C(=O)c1cccc(OC(F)(F)F)c1C=O. The van der Waals surface area contributed by atoms with Gasteiger partial charge in [0.05, 0.1) is 10.4 Å². The van der Waals surface area contributed by atoms with Crippen LogP contribution in [0.15, 0.2) is 18.2 Å². The first-order valence-electron chi connectivity index (χ1n) is 4.78. The van der Waals surface area contributed by atoms with Gasteiger partial charge in [-0.3, -0.25) is 9.59 Å². The predicted molar refractivity (Wildman–Crippen MR) is 61.2 cm³/mol. The van der Waals surface area contributed by atoms with Crippen LogP contribution in [0, 0.1) is 0 Å². The molecule has 0 aliphatic carbocycles. The molecular weight excluding hydrogens is 317 g/mol. The largest absolute Gasteiger partial charge is 0.573 e. The molecule has 0 fully saturated rings. The number of hydrogen-bond donors (Lipinski definition) is 0. The molecule has 0 N–H and O–H groups in total. The first-order valence-corrected chi connectivity index (χ1v) is 5.70. The molecule has 1 aromatic carbocycles. The Labute approximate surface area is 109 Å². The van der Waals surface area contributed by atoms with E-state index in [0.717, 1.165) is 6.07 Å². The third-order valence-corrected chi connectivity index (χ3v) is 2.45. The maximum atomic E-state index is 12.1. The molecular formula is C11H8BrF3O3. The van der Waals surface area contributed by atoms with E-state index in [9.17, 15) is 22.8 Å². The number of benzene rings is 1. The van der Waals surface area contributed by atoms with Gasteiger partial charge in [-0.1, -0.05) is 28.1 Å².